The summed E-state index contributed by atoms with van der Waals surface area (Å²) in [5.74, 6) is 3.18. The van der Waals surface area contributed by atoms with Crippen LogP contribution in [0.3, 0.4) is 0 Å². The molecule has 3 heterocycles. The lowest BCUT2D eigenvalue weighted by molar-refractivity contribution is 0.119. The SMILES string of the molecule is C1CCOC1.C=CCOC(=O)N(C)CC[C@]1(C)N=C(OC)[C@@H](C(C)C)N=C1OC.CCC[C@]1(C)N=C(OC)[C@@H](C(C)C)N=C1OC. The van der Waals surface area contributed by atoms with Gasteiger partial charge in [-0.3, -0.25) is 0 Å². The van der Waals surface area contributed by atoms with Gasteiger partial charge in [-0.25, -0.2) is 24.8 Å². The van der Waals surface area contributed by atoms with Crippen LogP contribution in [0.1, 0.15) is 80.6 Å². The normalized spacial score (nSPS) is 25.3. The minimum absolute atomic E-state index is 0.0279. The van der Waals surface area contributed by atoms with Crippen LogP contribution in [0.4, 0.5) is 4.79 Å². The zero-order valence-corrected chi connectivity index (χ0v) is 30.6. The fourth-order valence-electron chi connectivity index (χ4n) is 5.14. The standard InChI is InChI=1S/C17H29N3O4.C13H24N2O2.C4H8O/c1-8-11-24-16(21)20(5)10-9-17(4)15(23-7)18-13(12(2)3)14(19-17)22-6;1-7-8-13(4)12(17-6)14-10(9(2)3)11(15-13)16-5;1-2-4-5-3-1/h8,12-13H,1,9-11H2,2-7H3;9-10H,7-8H2,1-6H3;1-4H2/t13-,17+;10-,13+;/m11./s1. The first-order valence-electron chi connectivity index (χ1n) is 16.4. The smallest absolute Gasteiger partial charge is 0.409 e. The minimum Gasteiger partial charge on any atom is -0.483 e. The molecule has 0 saturated carbocycles. The van der Waals surface area contributed by atoms with Crippen LogP contribution in [-0.4, -0.2) is 120 Å². The molecule has 4 atom stereocenters. The number of aliphatic imine (C=N–C) groups is 4. The average molecular weight is 652 g/mol. The summed E-state index contributed by atoms with van der Waals surface area (Å²) in [5, 5.41) is 0. The Morgan fingerprint density at radius 3 is 1.67 bits per heavy atom. The summed E-state index contributed by atoms with van der Waals surface area (Å²) in [6, 6.07) is -0.187. The third-order valence-electron chi connectivity index (χ3n) is 7.86. The lowest BCUT2D eigenvalue weighted by atomic mass is 9.93. The monoisotopic (exact) mass is 651 g/mol. The van der Waals surface area contributed by atoms with E-state index in [-0.39, 0.29) is 30.1 Å². The molecule has 0 aromatic rings. The Morgan fingerprint density at radius 2 is 1.35 bits per heavy atom. The van der Waals surface area contributed by atoms with E-state index in [4.69, 9.17) is 38.4 Å². The van der Waals surface area contributed by atoms with Crippen LogP contribution in [0.15, 0.2) is 32.6 Å². The number of methoxy groups -OCH3 is 4. The highest BCUT2D eigenvalue weighted by Gasteiger charge is 2.40. The molecule has 0 spiro atoms. The van der Waals surface area contributed by atoms with Crippen molar-refractivity contribution in [2.45, 2.75) is 104 Å². The predicted octanol–water partition coefficient (Wildman–Crippen LogP) is 5.99. The van der Waals surface area contributed by atoms with Crippen molar-refractivity contribution in [3.8, 4) is 0 Å². The van der Waals surface area contributed by atoms with E-state index >= 15 is 0 Å². The highest BCUT2D eigenvalue weighted by atomic mass is 16.6. The van der Waals surface area contributed by atoms with E-state index in [1.807, 2.05) is 6.92 Å². The molecule has 1 fully saturated rings. The van der Waals surface area contributed by atoms with Crippen LogP contribution in [0, 0.1) is 11.8 Å². The van der Waals surface area contributed by atoms with E-state index in [1.165, 1.54) is 23.8 Å². The van der Waals surface area contributed by atoms with Gasteiger partial charge >= 0.3 is 6.09 Å². The quantitative estimate of drug-likeness (QED) is 0.281. The maximum Gasteiger partial charge on any atom is 0.409 e. The van der Waals surface area contributed by atoms with Crippen molar-refractivity contribution in [3.05, 3.63) is 12.7 Å². The second-order valence-electron chi connectivity index (χ2n) is 12.6. The van der Waals surface area contributed by atoms with Crippen LogP contribution < -0.4 is 0 Å². The van der Waals surface area contributed by atoms with E-state index in [1.54, 1.807) is 35.5 Å². The molecule has 46 heavy (non-hydrogen) atoms. The van der Waals surface area contributed by atoms with E-state index in [0.717, 1.165) is 37.9 Å². The highest BCUT2D eigenvalue weighted by molar-refractivity contribution is 5.97. The Hall–Kier alpha value is -3.15. The number of hydrogen-bond donors (Lipinski definition) is 0. The number of nitrogens with zero attached hydrogens (tertiary/aromatic N) is 5. The van der Waals surface area contributed by atoms with Crippen molar-refractivity contribution in [1.29, 1.82) is 0 Å². The minimum atomic E-state index is -0.682. The van der Waals surface area contributed by atoms with Crippen molar-refractivity contribution < 1.29 is 33.2 Å². The zero-order chi connectivity index (χ0) is 34.9. The number of hydrogen-bond acceptors (Lipinski definition) is 11. The van der Waals surface area contributed by atoms with Crippen LogP contribution in [0.2, 0.25) is 0 Å². The van der Waals surface area contributed by atoms with Crippen LogP contribution in [0.5, 0.6) is 0 Å². The lowest BCUT2D eigenvalue weighted by Gasteiger charge is -2.34. The van der Waals surface area contributed by atoms with Gasteiger partial charge in [-0.05, 0) is 51.4 Å². The number of carbonyl (C=O) groups is 1. The molecular formula is C34H61N5O7. The van der Waals surface area contributed by atoms with Gasteiger partial charge in [0, 0.05) is 26.8 Å². The van der Waals surface area contributed by atoms with E-state index in [2.05, 4.69) is 58.1 Å². The van der Waals surface area contributed by atoms with Crippen molar-refractivity contribution in [3.63, 3.8) is 0 Å². The first kappa shape index (κ1) is 40.9. The molecule has 0 N–H and O–H groups in total. The maximum absolute atomic E-state index is 11.8. The summed E-state index contributed by atoms with van der Waals surface area (Å²) >= 11 is 0. The number of ether oxygens (including phenoxy) is 6. The van der Waals surface area contributed by atoms with Crippen LogP contribution >= 0.6 is 0 Å². The van der Waals surface area contributed by atoms with E-state index < -0.39 is 11.6 Å². The predicted molar refractivity (Wildman–Crippen MR) is 186 cm³/mol. The van der Waals surface area contributed by atoms with Gasteiger partial charge in [0.25, 0.3) is 0 Å². The fourth-order valence-corrected chi connectivity index (χ4v) is 5.14. The molecule has 264 valence electrons. The summed E-state index contributed by atoms with van der Waals surface area (Å²) in [4.78, 5) is 32.1. The molecule has 3 rings (SSSR count). The molecule has 1 amide bonds. The summed E-state index contributed by atoms with van der Waals surface area (Å²) in [7, 11) is 8.19. The van der Waals surface area contributed by atoms with Gasteiger partial charge in [0.15, 0.2) is 0 Å². The maximum atomic E-state index is 11.8. The first-order valence-corrected chi connectivity index (χ1v) is 16.4. The molecule has 0 radical (unpaired) electrons. The van der Waals surface area contributed by atoms with E-state index in [9.17, 15) is 4.79 Å². The van der Waals surface area contributed by atoms with Gasteiger partial charge in [-0.2, -0.15) is 0 Å². The topological polar surface area (TPSA) is 125 Å². The first-order chi connectivity index (χ1) is 21.8. The molecular weight excluding hydrogens is 590 g/mol. The van der Waals surface area contributed by atoms with Gasteiger partial charge in [-0.1, -0.05) is 53.7 Å². The third kappa shape index (κ3) is 11.9. The summed E-state index contributed by atoms with van der Waals surface area (Å²) in [6.45, 7) is 20.6. The molecule has 0 aliphatic carbocycles. The third-order valence-corrected chi connectivity index (χ3v) is 7.86. The van der Waals surface area contributed by atoms with Crippen molar-refractivity contribution in [2.75, 3.05) is 61.9 Å². The van der Waals surface area contributed by atoms with Gasteiger partial charge in [0.2, 0.25) is 23.6 Å². The molecule has 12 heteroatoms. The summed E-state index contributed by atoms with van der Waals surface area (Å²) < 4.78 is 31.7. The largest absolute Gasteiger partial charge is 0.483 e. The summed E-state index contributed by atoms with van der Waals surface area (Å²) in [5.41, 5.74) is -1.06. The van der Waals surface area contributed by atoms with Gasteiger partial charge < -0.3 is 33.3 Å². The van der Waals surface area contributed by atoms with Crippen molar-refractivity contribution in [1.82, 2.24) is 4.90 Å². The van der Waals surface area contributed by atoms with Gasteiger partial charge in [-0.15, -0.1) is 0 Å². The number of rotatable bonds is 9. The molecule has 0 aromatic carbocycles. The molecule has 0 unspecified atom stereocenters. The number of amides is 1. The molecule has 0 bridgehead atoms. The van der Waals surface area contributed by atoms with Crippen molar-refractivity contribution in [2.24, 2.45) is 31.8 Å². The van der Waals surface area contributed by atoms with Crippen molar-refractivity contribution >= 4 is 29.7 Å². The number of carbonyl (C=O) groups excluding carboxylic acids is 1. The molecule has 3 aliphatic heterocycles. The second kappa shape index (κ2) is 20.2. The molecule has 1 saturated heterocycles. The zero-order valence-electron chi connectivity index (χ0n) is 30.6. The van der Waals surface area contributed by atoms with Crippen LogP contribution in [0.25, 0.3) is 0 Å². The van der Waals surface area contributed by atoms with Gasteiger partial charge in [0.1, 0.15) is 29.8 Å². The molecule has 0 aromatic heterocycles. The van der Waals surface area contributed by atoms with E-state index in [0.29, 0.717) is 30.7 Å². The van der Waals surface area contributed by atoms with Crippen LogP contribution in [-0.2, 0) is 28.4 Å². The fraction of sp³-hybridized carbons (Fsp3) is 0.794. The average Bonchev–Trinajstić information content (AvgIpc) is 3.62. The Balaban J connectivity index is 0.000000414. The molecule has 12 nitrogen and oxygen atoms in total. The molecule has 3 aliphatic rings. The highest BCUT2D eigenvalue weighted by Crippen LogP contribution is 2.29. The second-order valence-corrected chi connectivity index (χ2v) is 12.6. The van der Waals surface area contributed by atoms with Gasteiger partial charge in [0.05, 0.1) is 28.4 Å². The lowest BCUT2D eigenvalue weighted by Crippen LogP contribution is -2.46. The Morgan fingerprint density at radius 1 is 0.891 bits per heavy atom. The Labute approximate surface area is 277 Å². The Kier molecular flexibility index (Phi) is 17.9. The Bertz CT molecular complexity index is 1060. The summed E-state index contributed by atoms with van der Waals surface area (Å²) in [6.07, 6.45) is 6.17.